The Morgan fingerprint density at radius 1 is 1.36 bits per heavy atom. The van der Waals surface area contributed by atoms with Crippen LogP contribution in [0.15, 0.2) is 5.16 Å². The zero-order valence-electron chi connectivity index (χ0n) is 12.2. The van der Waals surface area contributed by atoms with Crippen LogP contribution in [0.25, 0.3) is 0 Å². The lowest BCUT2D eigenvalue weighted by molar-refractivity contribution is -0.113. The van der Waals surface area contributed by atoms with Crippen LogP contribution in [0.2, 0.25) is 0 Å². The van der Waals surface area contributed by atoms with Crippen molar-refractivity contribution in [2.45, 2.75) is 50.2 Å². The molecule has 0 saturated heterocycles. The molecule has 3 rings (SSSR count). The van der Waals surface area contributed by atoms with Crippen LogP contribution in [-0.2, 0) is 11.2 Å². The molecule has 2 aromatic heterocycles. The van der Waals surface area contributed by atoms with E-state index in [1.165, 1.54) is 35.9 Å². The largest absolute Gasteiger partial charge is 0.300 e. The Balaban J connectivity index is 1.53. The van der Waals surface area contributed by atoms with E-state index in [0.29, 0.717) is 16.3 Å². The third kappa shape index (κ3) is 3.61. The minimum absolute atomic E-state index is 0.121. The summed E-state index contributed by atoms with van der Waals surface area (Å²) in [6.07, 6.45) is 5.46. The van der Waals surface area contributed by atoms with Gasteiger partial charge in [-0.1, -0.05) is 42.9 Å². The number of thioether (sulfide) groups is 1. The molecule has 2 aromatic rings. The molecule has 22 heavy (non-hydrogen) atoms. The molecule has 0 aliphatic heterocycles. The Kier molecular flexibility index (Phi) is 4.98. The van der Waals surface area contributed by atoms with E-state index in [4.69, 9.17) is 0 Å². The van der Waals surface area contributed by atoms with Crippen LogP contribution < -0.4 is 5.32 Å². The van der Waals surface area contributed by atoms with E-state index >= 15 is 0 Å². The van der Waals surface area contributed by atoms with E-state index in [1.54, 1.807) is 0 Å². The Morgan fingerprint density at radius 2 is 2.18 bits per heavy atom. The second-order valence-electron chi connectivity index (χ2n) is 5.04. The van der Waals surface area contributed by atoms with Gasteiger partial charge >= 0.3 is 0 Å². The number of nitrogens with zero attached hydrogens (tertiary/aromatic N) is 6. The maximum Gasteiger partial charge on any atom is 0.236 e. The smallest absolute Gasteiger partial charge is 0.236 e. The van der Waals surface area contributed by atoms with Gasteiger partial charge in [-0.2, -0.15) is 0 Å². The van der Waals surface area contributed by atoms with E-state index < -0.39 is 0 Å². The van der Waals surface area contributed by atoms with Gasteiger partial charge in [-0.25, -0.2) is 4.68 Å². The minimum Gasteiger partial charge on any atom is -0.300 e. The van der Waals surface area contributed by atoms with Crippen molar-refractivity contribution in [3.8, 4) is 0 Å². The summed E-state index contributed by atoms with van der Waals surface area (Å²) in [7, 11) is 0. The fourth-order valence-electron chi connectivity index (χ4n) is 2.39. The second kappa shape index (κ2) is 7.14. The van der Waals surface area contributed by atoms with Crippen molar-refractivity contribution in [3.63, 3.8) is 0 Å². The van der Waals surface area contributed by atoms with Crippen LogP contribution in [0.3, 0.4) is 0 Å². The number of aromatic nitrogens is 6. The summed E-state index contributed by atoms with van der Waals surface area (Å²) in [6.45, 7) is 2.00. The van der Waals surface area contributed by atoms with Gasteiger partial charge in [0.1, 0.15) is 5.01 Å². The van der Waals surface area contributed by atoms with Crippen molar-refractivity contribution in [2.24, 2.45) is 0 Å². The molecular formula is C12H17N7OS2. The standard InChI is InChI=1S/C12H17N7OS2/c1-2-10-14-15-11(22-10)13-9(20)7-21-12-16-17-18-19(12)8-5-3-4-6-8/h8H,2-7H2,1H3,(H,13,15,20). The SMILES string of the molecule is CCc1nnc(NC(=O)CSc2nnnn2C2CCCC2)s1. The quantitative estimate of drug-likeness (QED) is 0.803. The highest BCUT2D eigenvalue weighted by Crippen LogP contribution is 2.31. The van der Waals surface area contributed by atoms with E-state index in [2.05, 4.69) is 31.0 Å². The van der Waals surface area contributed by atoms with Crippen LogP contribution in [0.4, 0.5) is 5.13 Å². The molecule has 1 aliphatic rings. The second-order valence-corrected chi connectivity index (χ2v) is 7.04. The highest BCUT2D eigenvalue weighted by atomic mass is 32.2. The number of tetrazole rings is 1. The number of hydrogen-bond donors (Lipinski definition) is 1. The molecule has 1 saturated carbocycles. The predicted octanol–water partition coefficient (Wildman–Crippen LogP) is 1.93. The van der Waals surface area contributed by atoms with E-state index in [0.717, 1.165) is 24.3 Å². The normalized spacial score (nSPS) is 15.3. The first-order chi connectivity index (χ1) is 10.8. The predicted molar refractivity (Wildman–Crippen MR) is 84.0 cm³/mol. The maximum atomic E-state index is 12.0. The van der Waals surface area contributed by atoms with E-state index in [-0.39, 0.29) is 11.7 Å². The summed E-state index contributed by atoms with van der Waals surface area (Å²) in [6, 6.07) is 0.371. The molecule has 2 heterocycles. The van der Waals surface area contributed by atoms with Gasteiger partial charge in [0.2, 0.25) is 16.2 Å². The lowest BCUT2D eigenvalue weighted by Crippen LogP contribution is -2.15. The molecule has 1 fully saturated rings. The lowest BCUT2D eigenvalue weighted by Gasteiger charge is -2.10. The number of aryl methyl sites for hydroxylation is 1. The summed E-state index contributed by atoms with van der Waals surface area (Å²) < 4.78 is 1.85. The Morgan fingerprint density at radius 3 is 2.91 bits per heavy atom. The molecule has 1 amide bonds. The summed E-state index contributed by atoms with van der Waals surface area (Å²) in [4.78, 5) is 12.0. The first-order valence-corrected chi connectivity index (χ1v) is 9.09. The number of rotatable bonds is 6. The minimum atomic E-state index is -0.121. The highest BCUT2D eigenvalue weighted by Gasteiger charge is 2.22. The van der Waals surface area contributed by atoms with E-state index in [9.17, 15) is 4.79 Å². The zero-order chi connectivity index (χ0) is 15.4. The summed E-state index contributed by atoms with van der Waals surface area (Å²) in [5.74, 6) is 0.137. The molecule has 10 heteroatoms. The summed E-state index contributed by atoms with van der Waals surface area (Å²) in [5, 5.41) is 24.6. The molecule has 1 N–H and O–H groups in total. The molecule has 118 valence electrons. The van der Waals surface area contributed by atoms with Crippen LogP contribution in [0.5, 0.6) is 0 Å². The Bertz CT molecular complexity index is 635. The molecule has 0 atom stereocenters. The lowest BCUT2D eigenvalue weighted by atomic mass is 10.3. The molecule has 0 unspecified atom stereocenters. The van der Waals surface area contributed by atoms with Crippen molar-refractivity contribution in [3.05, 3.63) is 5.01 Å². The molecule has 0 spiro atoms. The highest BCUT2D eigenvalue weighted by molar-refractivity contribution is 7.99. The fraction of sp³-hybridized carbons (Fsp3) is 0.667. The van der Waals surface area contributed by atoms with Crippen molar-refractivity contribution in [1.29, 1.82) is 0 Å². The number of carbonyl (C=O) groups is 1. The van der Waals surface area contributed by atoms with Crippen molar-refractivity contribution < 1.29 is 4.79 Å². The zero-order valence-corrected chi connectivity index (χ0v) is 13.9. The first kappa shape index (κ1) is 15.3. The van der Waals surface area contributed by atoms with Crippen LogP contribution in [0.1, 0.15) is 43.7 Å². The van der Waals surface area contributed by atoms with Crippen molar-refractivity contribution in [2.75, 3.05) is 11.1 Å². The average Bonchev–Trinajstić information content (AvgIpc) is 3.25. The van der Waals surface area contributed by atoms with Gasteiger partial charge in [0.25, 0.3) is 0 Å². The number of nitrogens with one attached hydrogen (secondary N) is 1. The number of anilines is 1. The molecule has 0 aromatic carbocycles. The topological polar surface area (TPSA) is 98.5 Å². The molecule has 0 radical (unpaired) electrons. The van der Waals surface area contributed by atoms with Crippen molar-refractivity contribution in [1.82, 2.24) is 30.4 Å². The van der Waals surface area contributed by atoms with Gasteiger partial charge in [0, 0.05) is 0 Å². The van der Waals surface area contributed by atoms with Gasteiger partial charge in [-0.05, 0) is 29.7 Å². The van der Waals surface area contributed by atoms with Crippen LogP contribution in [-0.4, -0.2) is 42.1 Å². The van der Waals surface area contributed by atoms with Crippen LogP contribution >= 0.6 is 23.1 Å². The molecular weight excluding hydrogens is 322 g/mol. The summed E-state index contributed by atoms with van der Waals surface area (Å²) in [5.41, 5.74) is 0. The van der Waals surface area contributed by atoms with Gasteiger partial charge in [0.15, 0.2) is 0 Å². The van der Waals surface area contributed by atoms with E-state index in [1.807, 2.05) is 11.6 Å². The third-order valence-corrected chi connectivity index (χ3v) is 5.40. The van der Waals surface area contributed by atoms with Gasteiger partial charge in [-0.3, -0.25) is 10.1 Å². The van der Waals surface area contributed by atoms with Gasteiger partial charge < -0.3 is 0 Å². The molecule has 0 bridgehead atoms. The third-order valence-electron chi connectivity index (χ3n) is 3.48. The number of hydrogen-bond acceptors (Lipinski definition) is 8. The molecule has 1 aliphatic carbocycles. The fourth-order valence-corrected chi connectivity index (χ4v) is 3.83. The Labute approximate surface area is 136 Å². The number of amides is 1. The number of carbonyl (C=O) groups excluding carboxylic acids is 1. The van der Waals surface area contributed by atoms with Gasteiger partial charge in [-0.15, -0.1) is 15.3 Å². The van der Waals surface area contributed by atoms with Crippen LogP contribution in [0, 0.1) is 0 Å². The monoisotopic (exact) mass is 339 g/mol. The van der Waals surface area contributed by atoms with Gasteiger partial charge in [0.05, 0.1) is 11.8 Å². The van der Waals surface area contributed by atoms with Crippen molar-refractivity contribution >= 4 is 34.1 Å². The Hall–Kier alpha value is -1.55. The summed E-state index contributed by atoms with van der Waals surface area (Å²) >= 11 is 2.75. The average molecular weight is 339 g/mol. The maximum absolute atomic E-state index is 12.0. The first-order valence-electron chi connectivity index (χ1n) is 7.29. The molecule has 8 nitrogen and oxygen atoms in total.